The van der Waals surface area contributed by atoms with Gasteiger partial charge in [0.1, 0.15) is 5.82 Å². The van der Waals surface area contributed by atoms with Gasteiger partial charge in [-0.2, -0.15) is 0 Å². The molecule has 1 aliphatic heterocycles. The third kappa shape index (κ3) is 3.52. The summed E-state index contributed by atoms with van der Waals surface area (Å²) in [5.41, 5.74) is 3.85. The number of aromatic nitrogens is 2. The predicted molar refractivity (Wildman–Crippen MR) is 128 cm³/mol. The van der Waals surface area contributed by atoms with Crippen LogP contribution in [0.3, 0.4) is 0 Å². The second kappa shape index (κ2) is 8.13. The molecular formula is C26H21N3O2S. The highest BCUT2D eigenvalue weighted by Crippen LogP contribution is 2.35. The monoisotopic (exact) mass is 439 g/mol. The number of nitrogens with zero attached hydrogens (tertiary/aromatic N) is 3. The van der Waals surface area contributed by atoms with E-state index in [2.05, 4.69) is 4.98 Å². The van der Waals surface area contributed by atoms with E-state index in [4.69, 9.17) is 0 Å². The molecule has 0 atom stereocenters. The molecule has 0 bridgehead atoms. The summed E-state index contributed by atoms with van der Waals surface area (Å²) in [6.45, 7) is 4.26. The molecule has 0 aliphatic carbocycles. The molecule has 5 rings (SSSR count). The van der Waals surface area contributed by atoms with E-state index in [0.29, 0.717) is 4.91 Å². The van der Waals surface area contributed by atoms with Gasteiger partial charge in [-0.25, -0.2) is 4.98 Å². The Balaban J connectivity index is 1.46. The van der Waals surface area contributed by atoms with Crippen molar-refractivity contribution in [2.75, 3.05) is 0 Å². The van der Waals surface area contributed by atoms with Crippen molar-refractivity contribution in [2.24, 2.45) is 0 Å². The van der Waals surface area contributed by atoms with Gasteiger partial charge in [-0.15, -0.1) is 0 Å². The fraction of sp³-hybridized carbons (Fsp3) is 0.115. The molecule has 0 N–H and O–H groups in total. The summed E-state index contributed by atoms with van der Waals surface area (Å²) in [5.74, 6) is 0.571. The third-order valence-corrected chi connectivity index (χ3v) is 6.62. The maximum atomic E-state index is 13.1. The number of pyridine rings is 1. The Hall–Kier alpha value is -3.64. The van der Waals surface area contributed by atoms with Crippen LogP contribution in [0.4, 0.5) is 4.79 Å². The molecule has 5 nitrogen and oxygen atoms in total. The van der Waals surface area contributed by atoms with Crippen molar-refractivity contribution >= 4 is 39.8 Å². The smallest absolute Gasteiger partial charge is 0.293 e. The Bertz CT molecular complexity index is 1380. The molecular weight excluding hydrogens is 418 g/mol. The average Bonchev–Trinajstić information content (AvgIpc) is 3.23. The highest BCUT2D eigenvalue weighted by molar-refractivity contribution is 8.18. The lowest BCUT2D eigenvalue weighted by Crippen LogP contribution is -2.27. The summed E-state index contributed by atoms with van der Waals surface area (Å²) in [7, 11) is 0. The van der Waals surface area contributed by atoms with Crippen LogP contribution in [0.25, 0.3) is 22.7 Å². The fourth-order valence-corrected chi connectivity index (χ4v) is 4.98. The van der Waals surface area contributed by atoms with E-state index in [1.807, 2.05) is 91.2 Å². The SMILES string of the molecule is Cc1cc(/C=C2/SC(=O)N(Cc3cccc4ccccc34)C2=O)c(C)n1-c1ccccn1. The van der Waals surface area contributed by atoms with Crippen molar-refractivity contribution in [1.29, 1.82) is 0 Å². The molecule has 2 aromatic heterocycles. The van der Waals surface area contributed by atoms with Crippen LogP contribution in [0, 0.1) is 13.8 Å². The van der Waals surface area contributed by atoms with Gasteiger partial charge in [0, 0.05) is 17.6 Å². The van der Waals surface area contributed by atoms with Crippen LogP contribution < -0.4 is 0 Å². The van der Waals surface area contributed by atoms with Gasteiger partial charge >= 0.3 is 0 Å². The quantitative estimate of drug-likeness (QED) is 0.373. The molecule has 1 saturated heterocycles. The number of imide groups is 1. The molecule has 0 saturated carbocycles. The lowest BCUT2D eigenvalue weighted by molar-refractivity contribution is -0.123. The van der Waals surface area contributed by atoms with Gasteiger partial charge in [-0.3, -0.25) is 14.5 Å². The van der Waals surface area contributed by atoms with Gasteiger partial charge in [-0.05, 0) is 71.8 Å². The number of thioether (sulfide) groups is 1. The van der Waals surface area contributed by atoms with Crippen molar-refractivity contribution in [2.45, 2.75) is 20.4 Å². The number of fused-ring (bicyclic) bond motifs is 1. The van der Waals surface area contributed by atoms with Gasteiger partial charge in [0.25, 0.3) is 11.1 Å². The number of carbonyl (C=O) groups excluding carboxylic acids is 2. The average molecular weight is 440 g/mol. The first-order valence-corrected chi connectivity index (χ1v) is 11.2. The molecule has 32 heavy (non-hydrogen) atoms. The van der Waals surface area contributed by atoms with Crippen LogP contribution in [0.2, 0.25) is 0 Å². The minimum absolute atomic E-state index is 0.243. The van der Waals surface area contributed by atoms with Crippen LogP contribution in [0.5, 0.6) is 0 Å². The molecule has 1 aliphatic rings. The van der Waals surface area contributed by atoms with E-state index in [0.717, 1.165) is 50.9 Å². The number of aryl methyl sites for hydroxylation is 1. The Morgan fingerprint density at radius 2 is 1.75 bits per heavy atom. The maximum Gasteiger partial charge on any atom is 0.293 e. The summed E-state index contributed by atoms with van der Waals surface area (Å²) >= 11 is 0.995. The summed E-state index contributed by atoms with van der Waals surface area (Å²) in [4.78, 5) is 32.1. The Morgan fingerprint density at radius 1 is 0.969 bits per heavy atom. The zero-order chi connectivity index (χ0) is 22.2. The molecule has 1 fully saturated rings. The molecule has 0 unspecified atom stereocenters. The molecule has 3 heterocycles. The highest BCUT2D eigenvalue weighted by atomic mass is 32.2. The van der Waals surface area contributed by atoms with Gasteiger partial charge < -0.3 is 4.57 Å². The van der Waals surface area contributed by atoms with Gasteiger partial charge in [0.05, 0.1) is 11.4 Å². The maximum absolute atomic E-state index is 13.1. The van der Waals surface area contributed by atoms with Gasteiger partial charge in [0.15, 0.2) is 0 Å². The van der Waals surface area contributed by atoms with E-state index < -0.39 is 0 Å². The zero-order valence-electron chi connectivity index (χ0n) is 17.8. The first-order chi connectivity index (χ1) is 15.5. The van der Waals surface area contributed by atoms with Gasteiger partial charge in [-0.1, -0.05) is 48.5 Å². The van der Waals surface area contributed by atoms with Crippen molar-refractivity contribution in [3.63, 3.8) is 0 Å². The number of hydrogen-bond acceptors (Lipinski definition) is 4. The second-order valence-electron chi connectivity index (χ2n) is 7.76. The zero-order valence-corrected chi connectivity index (χ0v) is 18.6. The van der Waals surface area contributed by atoms with Crippen LogP contribution in [-0.2, 0) is 11.3 Å². The summed E-state index contributed by atoms with van der Waals surface area (Å²) in [5, 5.41) is 1.90. The number of benzene rings is 2. The van der Waals surface area contributed by atoms with Crippen LogP contribution in [0.15, 0.2) is 77.8 Å². The highest BCUT2D eigenvalue weighted by Gasteiger charge is 2.35. The minimum atomic E-state index is -0.254. The summed E-state index contributed by atoms with van der Waals surface area (Å²) in [6, 6.07) is 21.7. The topological polar surface area (TPSA) is 55.2 Å². The normalized spacial score (nSPS) is 15.3. The molecule has 2 amide bonds. The Morgan fingerprint density at radius 3 is 2.56 bits per heavy atom. The first-order valence-electron chi connectivity index (χ1n) is 10.4. The molecule has 0 radical (unpaired) electrons. The van der Waals surface area contributed by atoms with Crippen molar-refractivity contribution in [3.8, 4) is 5.82 Å². The summed E-state index contributed by atoms with van der Waals surface area (Å²) in [6.07, 6.45) is 3.57. The molecule has 0 spiro atoms. The van der Waals surface area contributed by atoms with Crippen LogP contribution >= 0.6 is 11.8 Å². The largest absolute Gasteiger partial charge is 0.303 e. The second-order valence-corrected chi connectivity index (χ2v) is 8.75. The van der Waals surface area contributed by atoms with Crippen LogP contribution in [-0.4, -0.2) is 25.6 Å². The standard InChI is InChI=1S/C26H21N3O2S/c1-17-14-21(18(2)29(17)24-12-5-6-13-27-24)15-23-25(30)28(26(31)32-23)16-20-10-7-9-19-8-3-4-11-22(19)20/h3-15H,16H2,1-2H3/b23-15+. The first kappa shape index (κ1) is 20.3. The van der Waals surface area contributed by atoms with Gasteiger partial charge in [0.2, 0.25) is 0 Å². The van der Waals surface area contributed by atoms with Crippen molar-refractivity contribution in [1.82, 2.24) is 14.5 Å². The lowest BCUT2D eigenvalue weighted by Gasteiger charge is -2.14. The lowest BCUT2D eigenvalue weighted by atomic mass is 10.0. The fourth-order valence-electron chi connectivity index (χ4n) is 4.15. The van der Waals surface area contributed by atoms with E-state index >= 15 is 0 Å². The molecule has 2 aromatic carbocycles. The Labute approximate surface area is 190 Å². The number of carbonyl (C=O) groups is 2. The molecule has 158 valence electrons. The number of amides is 2. The van der Waals surface area contributed by atoms with Crippen LogP contribution in [0.1, 0.15) is 22.5 Å². The number of rotatable bonds is 4. The van der Waals surface area contributed by atoms with E-state index in [-0.39, 0.29) is 17.7 Å². The number of hydrogen-bond donors (Lipinski definition) is 0. The van der Waals surface area contributed by atoms with E-state index in [1.165, 1.54) is 4.90 Å². The van der Waals surface area contributed by atoms with Crippen molar-refractivity contribution < 1.29 is 9.59 Å². The predicted octanol–water partition coefficient (Wildman–Crippen LogP) is 5.88. The van der Waals surface area contributed by atoms with E-state index in [1.54, 1.807) is 6.20 Å². The molecule has 6 heteroatoms. The Kier molecular flexibility index (Phi) is 5.15. The molecule has 4 aromatic rings. The summed E-state index contributed by atoms with van der Waals surface area (Å²) < 4.78 is 2.05. The van der Waals surface area contributed by atoms with Crippen molar-refractivity contribution in [3.05, 3.63) is 100 Å². The minimum Gasteiger partial charge on any atom is -0.303 e. The third-order valence-electron chi connectivity index (χ3n) is 5.72. The van der Waals surface area contributed by atoms with E-state index in [9.17, 15) is 9.59 Å².